The molecule has 2 fully saturated rings. The maximum atomic E-state index is 12.7. The molecule has 154 valence electrons. The molecular formula is C18H22ClN7O3. The van der Waals surface area contributed by atoms with Gasteiger partial charge in [-0.2, -0.15) is 4.68 Å². The molecular weight excluding hydrogens is 398 g/mol. The predicted molar refractivity (Wildman–Crippen MR) is 105 cm³/mol. The molecule has 10 nitrogen and oxygen atoms in total. The molecule has 1 aromatic heterocycles. The predicted octanol–water partition coefficient (Wildman–Crippen LogP) is 0.291. The van der Waals surface area contributed by atoms with Crippen molar-refractivity contribution in [1.29, 1.82) is 0 Å². The highest BCUT2D eigenvalue weighted by Crippen LogP contribution is 2.12. The molecule has 2 amide bonds. The summed E-state index contributed by atoms with van der Waals surface area (Å²) in [5.74, 6) is 0.224. The number of hydrogen-bond donors (Lipinski definition) is 0. The van der Waals surface area contributed by atoms with Crippen LogP contribution in [-0.2, 0) is 4.79 Å². The number of aromatic nitrogens is 4. The Morgan fingerprint density at radius 2 is 1.69 bits per heavy atom. The summed E-state index contributed by atoms with van der Waals surface area (Å²) in [7, 11) is 0. The SMILES string of the molecule is O=C1CCCN1CCN1CCN(C(=O)n2nnn(-c3ccc(Cl)cc3)c2=O)CC1. The second-order valence-electron chi connectivity index (χ2n) is 7.16. The Morgan fingerprint density at radius 1 is 0.966 bits per heavy atom. The van der Waals surface area contributed by atoms with E-state index in [4.69, 9.17) is 11.6 Å². The number of amides is 2. The van der Waals surface area contributed by atoms with Crippen LogP contribution in [0.1, 0.15) is 12.8 Å². The van der Waals surface area contributed by atoms with Crippen LogP contribution < -0.4 is 5.69 Å². The summed E-state index contributed by atoms with van der Waals surface area (Å²) in [4.78, 5) is 42.7. The van der Waals surface area contributed by atoms with E-state index in [0.717, 1.165) is 35.4 Å². The third-order valence-corrected chi connectivity index (χ3v) is 5.59. The summed E-state index contributed by atoms with van der Waals surface area (Å²) >= 11 is 5.86. The van der Waals surface area contributed by atoms with Gasteiger partial charge in [-0.05, 0) is 41.1 Å². The number of benzene rings is 1. The highest BCUT2D eigenvalue weighted by molar-refractivity contribution is 6.30. The molecule has 0 saturated carbocycles. The lowest BCUT2D eigenvalue weighted by Crippen LogP contribution is -2.52. The number of hydrogen-bond acceptors (Lipinski definition) is 6. The zero-order valence-corrected chi connectivity index (χ0v) is 16.7. The Morgan fingerprint density at radius 3 is 2.34 bits per heavy atom. The third-order valence-electron chi connectivity index (χ3n) is 5.33. The van der Waals surface area contributed by atoms with Gasteiger partial charge in [-0.25, -0.2) is 9.59 Å². The van der Waals surface area contributed by atoms with Crippen molar-refractivity contribution >= 4 is 23.5 Å². The van der Waals surface area contributed by atoms with Crippen molar-refractivity contribution in [2.24, 2.45) is 0 Å². The number of carbonyl (C=O) groups excluding carboxylic acids is 2. The maximum absolute atomic E-state index is 12.7. The lowest BCUT2D eigenvalue weighted by atomic mass is 10.3. The first kappa shape index (κ1) is 19.6. The van der Waals surface area contributed by atoms with Crippen LogP contribution >= 0.6 is 11.6 Å². The Balaban J connectivity index is 1.34. The smallest absolute Gasteiger partial charge is 0.341 e. The van der Waals surface area contributed by atoms with E-state index in [2.05, 4.69) is 15.3 Å². The first-order valence-corrected chi connectivity index (χ1v) is 10.0. The van der Waals surface area contributed by atoms with Gasteiger partial charge in [0.1, 0.15) is 0 Å². The zero-order valence-electron chi connectivity index (χ0n) is 15.9. The average Bonchev–Trinajstić information content (AvgIpc) is 3.32. The molecule has 29 heavy (non-hydrogen) atoms. The molecule has 0 bridgehead atoms. The highest BCUT2D eigenvalue weighted by atomic mass is 35.5. The van der Waals surface area contributed by atoms with Gasteiger partial charge in [0.2, 0.25) is 5.91 Å². The van der Waals surface area contributed by atoms with Crippen molar-refractivity contribution < 1.29 is 9.59 Å². The second kappa shape index (κ2) is 8.34. The quantitative estimate of drug-likeness (QED) is 0.661. The molecule has 3 heterocycles. The maximum Gasteiger partial charge on any atom is 0.377 e. The standard InChI is InChI=1S/C18H22ClN7O3/c19-14-3-5-15(6-4-14)25-18(29)26(21-20-25)17(28)24-12-9-22(10-13-24)8-11-23-7-1-2-16(23)27/h3-6H,1-2,7-13H2. The van der Waals surface area contributed by atoms with Gasteiger partial charge in [-0.3, -0.25) is 9.69 Å². The van der Waals surface area contributed by atoms with Gasteiger partial charge in [-0.15, -0.1) is 4.68 Å². The summed E-state index contributed by atoms with van der Waals surface area (Å²) in [6, 6.07) is 6.07. The minimum absolute atomic E-state index is 0.224. The number of tetrazole rings is 1. The van der Waals surface area contributed by atoms with Crippen molar-refractivity contribution in [2.75, 3.05) is 45.8 Å². The lowest BCUT2D eigenvalue weighted by molar-refractivity contribution is -0.127. The number of rotatable bonds is 4. The topological polar surface area (TPSA) is 96.6 Å². The van der Waals surface area contributed by atoms with Crippen molar-refractivity contribution in [3.05, 3.63) is 39.8 Å². The summed E-state index contributed by atoms with van der Waals surface area (Å²) in [5.41, 5.74) is -0.132. The van der Waals surface area contributed by atoms with Crippen LogP contribution in [0.3, 0.4) is 0 Å². The zero-order chi connectivity index (χ0) is 20.4. The van der Waals surface area contributed by atoms with Gasteiger partial charge in [-0.1, -0.05) is 11.6 Å². The van der Waals surface area contributed by atoms with E-state index in [-0.39, 0.29) is 5.91 Å². The van der Waals surface area contributed by atoms with Crippen LogP contribution in [0.15, 0.2) is 29.1 Å². The number of halogens is 1. The average molecular weight is 420 g/mol. The largest absolute Gasteiger partial charge is 0.377 e. The van der Waals surface area contributed by atoms with E-state index in [1.54, 1.807) is 29.2 Å². The molecule has 0 atom stereocenters. The number of likely N-dealkylation sites (tertiary alicyclic amines) is 1. The van der Waals surface area contributed by atoms with Crippen molar-refractivity contribution in [1.82, 2.24) is 34.5 Å². The van der Waals surface area contributed by atoms with E-state index in [1.165, 1.54) is 0 Å². The lowest BCUT2D eigenvalue weighted by Gasteiger charge is -2.34. The third kappa shape index (κ3) is 4.18. The van der Waals surface area contributed by atoms with E-state index in [1.807, 2.05) is 4.90 Å². The monoisotopic (exact) mass is 419 g/mol. The Hall–Kier alpha value is -2.72. The van der Waals surface area contributed by atoms with Gasteiger partial charge < -0.3 is 9.80 Å². The summed E-state index contributed by atoms with van der Waals surface area (Å²) in [5, 5.41) is 8.09. The highest BCUT2D eigenvalue weighted by Gasteiger charge is 2.26. The second-order valence-corrected chi connectivity index (χ2v) is 7.59. The molecule has 1 aromatic carbocycles. The molecule has 2 saturated heterocycles. The first-order valence-electron chi connectivity index (χ1n) is 9.63. The fourth-order valence-corrected chi connectivity index (χ4v) is 3.74. The normalized spacial score (nSPS) is 17.9. The molecule has 2 aromatic rings. The van der Waals surface area contributed by atoms with Crippen LogP contribution in [0, 0.1) is 0 Å². The van der Waals surface area contributed by atoms with Gasteiger partial charge in [0, 0.05) is 57.3 Å². The summed E-state index contributed by atoms with van der Waals surface area (Å²) < 4.78 is 1.85. The molecule has 2 aliphatic heterocycles. The van der Waals surface area contributed by atoms with Crippen molar-refractivity contribution in [3.8, 4) is 5.69 Å². The molecule has 11 heteroatoms. The Labute approximate surface area is 172 Å². The van der Waals surface area contributed by atoms with E-state index in [9.17, 15) is 14.4 Å². The molecule has 0 spiro atoms. The minimum atomic E-state index is -0.618. The molecule has 0 N–H and O–H groups in total. The number of piperazine rings is 1. The fourth-order valence-electron chi connectivity index (χ4n) is 3.61. The van der Waals surface area contributed by atoms with Gasteiger partial charge in [0.05, 0.1) is 5.69 Å². The van der Waals surface area contributed by atoms with Crippen LogP contribution in [0.2, 0.25) is 5.02 Å². The Bertz CT molecular complexity index is 947. The van der Waals surface area contributed by atoms with Crippen LogP contribution in [0.5, 0.6) is 0 Å². The van der Waals surface area contributed by atoms with Crippen LogP contribution in [0.25, 0.3) is 5.69 Å². The van der Waals surface area contributed by atoms with Gasteiger partial charge in [0.15, 0.2) is 0 Å². The minimum Gasteiger partial charge on any atom is -0.341 e. The van der Waals surface area contributed by atoms with E-state index in [0.29, 0.717) is 43.3 Å². The molecule has 0 unspecified atom stereocenters. The van der Waals surface area contributed by atoms with Gasteiger partial charge >= 0.3 is 11.7 Å². The number of nitrogens with zero attached hydrogens (tertiary/aromatic N) is 7. The summed E-state index contributed by atoms with van der Waals surface area (Å²) in [6.45, 7) is 4.72. The van der Waals surface area contributed by atoms with E-state index >= 15 is 0 Å². The van der Waals surface area contributed by atoms with Crippen molar-refractivity contribution in [2.45, 2.75) is 12.8 Å². The molecule has 4 rings (SSSR count). The first-order chi connectivity index (χ1) is 14.0. The van der Waals surface area contributed by atoms with Gasteiger partial charge in [0.25, 0.3) is 0 Å². The van der Waals surface area contributed by atoms with E-state index < -0.39 is 11.7 Å². The van der Waals surface area contributed by atoms with Crippen molar-refractivity contribution in [3.63, 3.8) is 0 Å². The fraction of sp³-hybridized carbons (Fsp3) is 0.500. The number of carbonyl (C=O) groups is 2. The summed E-state index contributed by atoms with van der Waals surface area (Å²) in [6.07, 6.45) is 1.58. The molecule has 2 aliphatic rings. The molecule has 0 aliphatic carbocycles. The Kier molecular flexibility index (Phi) is 5.63. The molecule has 0 radical (unpaired) electrons. The van der Waals surface area contributed by atoms with Crippen LogP contribution in [0.4, 0.5) is 4.79 Å². The van der Waals surface area contributed by atoms with Crippen LogP contribution in [-0.4, -0.2) is 92.2 Å².